The molecule has 0 amide bonds. The Hall–Kier alpha value is -1.26. The molecule has 0 aromatic heterocycles. The van der Waals surface area contributed by atoms with Gasteiger partial charge in [0.15, 0.2) is 11.5 Å². The molecule has 0 saturated heterocycles. The summed E-state index contributed by atoms with van der Waals surface area (Å²) in [6.45, 7) is 0.849. The number of aliphatic hydroxyl groups excluding tert-OH is 1. The first-order valence-corrected chi connectivity index (χ1v) is 6.41. The molecule has 1 aliphatic rings. The fourth-order valence-corrected chi connectivity index (χ4v) is 1.83. The van der Waals surface area contributed by atoms with E-state index in [-0.39, 0.29) is 12.6 Å². The highest BCUT2D eigenvalue weighted by molar-refractivity contribution is 5.43. The molecule has 1 aliphatic carbocycles. The standard InChI is InChI=1S/C14H21NO3/c1-17-14-8-11(12(15)6-7-16)4-5-13(14)18-9-10-2-3-10/h4-5,8,10,12,16H,2-3,6-7,9,15H2,1H3. The van der Waals surface area contributed by atoms with Crippen molar-refractivity contribution in [1.82, 2.24) is 0 Å². The van der Waals surface area contributed by atoms with Crippen molar-refractivity contribution in [2.75, 3.05) is 20.3 Å². The Labute approximate surface area is 108 Å². The van der Waals surface area contributed by atoms with Gasteiger partial charge in [0.1, 0.15) is 0 Å². The van der Waals surface area contributed by atoms with Crippen molar-refractivity contribution in [3.63, 3.8) is 0 Å². The van der Waals surface area contributed by atoms with E-state index in [0.29, 0.717) is 18.1 Å². The molecule has 1 saturated carbocycles. The van der Waals surface area contributed by atoms with Crippen molar-refractivity contribution in [3.8, 4) is 11.5 Å². The summed E-state index contributed by atoms with van der Waals surface area (Å²) in [5.41, 5.74) is 6.91. The van der Waals surface area contributed by atoms with Crippen LogP contribution in [0.4, 0.5) is 0 Å². The van der Waals surface area contributed by atoms with Gasteiger partial charge in [0.2, 0.25) is 0 Å². The minimum atomic E-state index is -0.165. The Kier molecular flexibility index (Phi) is 4.44. The molecule has 100 valence electrons. The molecule has 3 N–H and O–H groups in total. The lowest BCUT2D eigenvalue weighted by atomic mass is 10.0. The summed E-state index contributed by atoms with van der Waals surface area (Å²) in [5.74, 6) is 2.19. The third-order valence-corrected chi connectivity index (χ3v) is 3.23. The maximum Gasteiger partial charge on any atom is 0.161 e. The summed E-state index contributed by atoms with van der Waals surface area (Å²) in [6, 6.07) is 5.56. The molecule has 4 nitrogen and oxygen atoms in total. The zero-order valence-corrected chi connectivity index (χ0v) is 10.8. The molecule has 1 aromatic rings. The highest BCUT2D eigenvalue weighted by Crippen LogP contribution is 2.34. The minimum absolute atomic E-state index is 0.0867. The highest BCUT2D eigenvalue weighted by Gasteiger charge is 2.22. The Morgan fingerprint density at radius 2 is 2.17 bits per heavy atom. The van der Waals surface area contributed by atoms with Crippen LogP contribution in [0, 0.1) is 5.92 Å². The lowest BCUT2D eigenvalue weighted by Gasteiger charge is -2.15. The predicted octanol–water partition coefficient (Wildman–Crippen LogP) is 1.87. The van der Waals surface area contributed by atoms with Crippen LogP contribution in [0.3, 0.4) is 0 Å². The van der Waals surface area contributed by atoms with Gasteiger partial charge in [-0.2, -0.15) is 0 Å². The smallest absolute Gasteiger partial charge is 0.161 e. The highest BCUT2D eigenvalue weighted by atomic mass is 16.5. The predicted molar refractivity (Wildman–Crippen MR) is 69.8 cm³/mol. The average molecular weight is 251 g/mol. The van der Waals surface area contributed by atoms with Crippen LogP contribution in [0.5, 0.6) is 11.5 Å². The molecule has 18 heavy (non-hydrogen) atoms. The van der Waals surface area contributed by atoms with Crippen LogP contribution in [0.25, 0.3) is 0 Å². The second kappa shape index (κ2) is 6.07. The number of nitrogens with two attached hydrogens (primary N) is 1. The first-order chi connectivity index (χ1) is 8.74. The normalized spacial score (nSPS) is 16.4. The first-order valence-electron chi connectivity index (χ1n) is 6.41. The zero-order chi connectivity index (χ0) is 13.0. The van der Waals surface area contributed by atoms with Crippen LogP contribution >= 0.6 is 0 Å². The van der Waals surface area contributed by atoms with E-state index in [1.54, 1.807) is 7.11 Å². The van der Waals surface area contributed by atoms with E-state index in [9.17, 15) is 0 Å². The van der Waals surface area contributed by atoms with Gasteiger partial charge in [-0.05, 0) is 42.9 Å². The van der Waals surface area contributed by atoms with Crippen LogP contribution in [0.1, 0.15) is 30.9 Å². The fraction of sp³-hybridized carbons (Fsp3) is 0.571. The van der Waals surface area contributed by atoms with E-state index in [4.69, 9.17) is 20.3 Å². The van der Waals surface area contributed by atoms with Crippen LogP contribution in [-0.2, 0) is 0 Å². The Morgan fingerprint density at radius 3 is 2.78 bits per heavy atom. The molecule has 4 heteroatoms. The van der Waals surface area contributed by atoms with E-state index < -0.39 is 0 Å². The third-order valence-electron chi connectivity index (χ3n) is 3.23. The van der Waals surface area contributed by atoms with Crippen LogP contribution in [0.2, 0.25) is 0 Å². The lowest BCUT2D eigenvalue weighted by Crippen LogP contribution is -2.12. The summed E-state index contributed by atoms with van der Waals surface area (Å²) in [5, 5.41) is 8.90. The number of rotatable bonds is 7. The van der Waals surface area contributed by atoms with Gasteiger partial charge in [-0.3, -0.25) is 0 Å². The Balaban J connectivity index is 2.05. The van der Waals surface area contributed by atoms with Gasteiger partial charge in [0.25, 0.3) is 0 Å². The zero-order valence-electron chi connectivity index (χ0n) is 10.8. The molecular formula is C14H21NO3. The van der Waals surface area contributed by atoms with Gasteiger partial charge in [-0.15, -0.1) is 0 Å². The number of benzene rings is 1. The van der Waals surface area contributed by atoms with Gasteiger partial charge in [-0.25, -0.2) is 0 Å². The topological polar surface area (TPSA) is 64.7 Å². The van der Waals surface area contributed by atoms with Crippen molar-refractivity contribution >= 4 is 0 Å². The van der Waals surface area contributed by atoms with E-state index in [0.717, 1.165) is 17.9 Å². The molecule has 1 fully saturated rings. The van der Waals surface area contributed by atoms with Crippen molar-refractivity contribution < 1.29 is 14.6 Å². The largest absolute Gasteiger partial charge is 0.493 e. The minimum Gasteiger partial charge on any atom is -0.493 e. The van der Waals surface area contributed by atoms with E-state index in [1.807, 2.05) is 18.2 Å². The number of hydrogen-bond acceptors (Lipinski definition) is 4. The van der Waals surface area contributed by atoms with Crippen LogP contribution in [-0.4, -0.2) is 25.4 Å². The number of methoxy groups -OCH3 is 1. The summed E-state index contributed by atoms with van der Waals surface area (Å²) in [6.07, 6.45) is 3.08. The van der Waals surface area contributed by atoms with Gasteiger partial charge in [0, 0.05) is 12.6 Å². The molecule has 1 atom stereocenters. The number of hydrogen-bond donors (Lipinski definition) is 2. The maximum atomic E-state index is 8.90. The summed E-state index contributed by atoms with van der Waals surface area (Å²) >= 11 is 0. The SMILES string of the molecule is COc1cc(C(N)CCO)ccc1OCC1CC1. The fourth-order valence-electron chi connectivity index (χ4n) is 1.83. The van der Waals surface area contributed by atoms with Gasteiger partial charge < -0.3 is 20.3 Å². The Morgan fingerprint density at radius 1 is 1.39 bits per heavy atom. The summed E-state index contributed by atoms with van der Waals surface area (Å²) < 4.78 is 11.1. The second-order valence-corrected chi connectivity index (χ2v) is 4.78. The average Bonchev–Trinajstić information content (AvgIpc) is 3.20. The van der Waals surface area contributed by atoms with Crippen molar-refractivity contribution in [2.24, 2.45) is 11.7 Å². The van der Waals surface area contributed by atoms with Crippen molar-refractivity contribution in [1.29, 1.82) is 0 Å². The lowest BCUT2D eigenvalue weighted by molar-refractivity contribution is 0.274. The molecule has 0 bridgehead atoms. The van der Waals surface area contributed by atoms with Crippen molar-refractivity contribution in [3.05, 3.63) is 23.8 Å². The summed E-state index contributed by atoms with van der Waals surface area (Å²) in [4.78, 5) is 0. The van der Waals surface area contributed by atoms with Gasteiger partial charge in [-0.1, -0.05) is 6.07 Å². The number of ether oxygens (including phenoxy) is 2. The second-order valence-electron chi connectivity index (χ2n) is 4.78. The van der Waals surface area contributed by atoms with E-state index in [1.165, 1.54) is 12.8 Å². The van der Waals surface area contributed by atoms with Crippen LogP contribution in [0.15, 0.2) is 18.2 Å². The van der Waals surface area contributed by atoms with Crippen LogP contribution < -0.4 is 15.2 Å². The quantitative estimate of drug-likeness (QED) is 0.776. The Bertz CT molecular complexity index is 391. The first kappa shape index (κ1) is 13.2. The van der Waals surface area contributed by atoms with Gasteiger partial charge >= 0.3 is 0 Å². The molecular weight excluding hydrogens is 230 g/mol. The monoisotopic (exact) mass is 251 g/mol. The molecule has 0 radical (unpaired) electrons. The molecule has 0 spiro atoms. The molecule has 1 unspecified atom stereocenters. The molecule has 0 aliphatic heterocycles. The molecule has 1 aromatic carbocycles. The number of aliphatic hydroxyl groups is 1. The maximum absolute atomic E-state index is 8.90. The van der Waals surface area contributed by atoms with Gasteiger partial charge in [0.05, 0.1) is 13.7 Å². The third kappa shape index (κ3) is 3.37. The van der Waals surface area contributed by atoms with E-state index in [2.05, 4.69) is 0 Å². The van der Waals surface area contributed by atoms with E-state index >= 15 is 0 Å². The summed E-state index contributed by atoms with van der Waals surface area (Å²) in [7, 11) is 1.63. The molecule has 0 heterocycles. The molecule has 2 rings (SSSR count). The van der Waals surface area contributed by atoms with Crippen molar-refractivity contribution in [2.45, 2.75) is 25.3 Å².